The SMILES string of the molecule is CCc1nc2ccc(OCCO)cc2o1. The molecule has 0 aliphatic carbocycles. The van der Waals surface area contributed by atoms with Crippen LogP contribution in [0.5, 0.6) is 5.75 Å². The predicted octanol–water partition coefficient (Wildman–Crippen LogP) is 1.76. The lowest BCUT2D eigenvalue weighted by atomic mass is 10.3. The second-order valence-corrected chi connectivity index (χ2v) is 3.16. The monoisotopic (exact) mass is 207 g/mol. The Morgan fingerprint density at radius 2 is 2.33 bits per heavy atom. The van der Waals surface area contributed by atoms with E-state index in [1.165, 1.54) is 0 Å². The van der Waals surface area contributed by atoms with Gasteiger partial charge in [0.1, 0.15) is 17.9 Å². The summed E-state index contributed by atoms with van der Waals surface area (Å²) >= 11 is 0. The molecule has 0 saturated carbocycles. The number of fused-ring (bicyclic) bond motifs is 1. The van der Waals surface area contributed by atoms with Crippen LogP contribution in [0.4, 0.5) is 0 Å². The number of ether oxygens (including phenoxy) is 1. The molecule has 1 aromatic carbocycles. The molecule has 0 spiro atoms. The summed E-state index contributed by atoms with van der Waals surface area (Å²) < 4.78 is 10.8. The normalized spacial score (nSPS) is 10.8. The Kier molecular flexibility index (Phi) is 2.87. The quantitative estimate of drug-likeness (QED) is 0.830. The molecule has 0 atom stereocenters. The maximum absolute atomic E-state index is 8.62. The van der Waals surface area contributed by atoms with E-state index in [1.54, 1.807) is 6.07 Å². The third-order valence-corrected chi connectivity index (χ3v) is 2.07. The van der Waals surface area contributed by atoms with Crippen LogP contribution < -0.4 is 4.74 Å². The first-order chi connectivity index (χ1) is 7.33. The Hall–Kier alpha value is -1.55. The lowest BCUT2D eigenvalue weighted by Crippen LogP contribution is -2.01. The van der Waals surface area contributed by atoms with Crippen LogP contribution in [0, 0.1) is 0 Å². The van der Waals surface area contributed by atoms with Crippen LogP contribution in [0.25, 0.3) is 11.1 Å². The van der Waals surface area contributed by atoms with Crippen LogP contribution in [0.2, 0.25) is 0 Å². The molecular weight excluding hydrogens is 194 g/mol. The second-order valence-electron chi connectivity index (χ2n) is 3.16. The van der Waals surface area contributed by atoms with E-state index in [0.29, 0.717) is 12.4 Å². The summed E-state index contributed by atoms with van der Waals surface area (Å²) in [5, 5.41) is 8.62. The number of aromatic nitrogens is 1. The van der Waals surface area contributed by atoms with Crippen molar-refractivity contribution in [1.29, 1.82) is 0 Å². The predicted molar refractivity (Wildman–Crippen MR) is 56.0 cm³/mol. The minimum absolute atomic E-state index is 0.00858. The molecule has 0 bridgehead atoms. The minimum atomic E-state index is 0.00858. The molecule has 2 aromatic rings. The molecule has 0 aliphatic heterocycles. The topological polar surface area (TPSA) is 55.5 Å². The maximum Gasteiger partial charge on any atom is 0.195 e. The fourth-order valence-electron chi connectivity index (χ4n) is 1.36. The van der Waals surface area contributed by atoms with Gasteiger partial charge >= 0.3 is 0 Å². The molecule has 0 fully saturated rings. The summed E-state index contributed by atoms with van der Waals surface area (Å²) in [4.78, 5) is 4.28. The van der Waals surface area contributed by atoms with E-state index in [1.807, 2.05) is 19.1 Å². The molecule has 1 aromatic heterocycles. The Balaban J connectivity index is 2.29. The lowest BCUT2D eigenvalue weighted by Gasteiger charge is -2.02. The molecule has 2 rings (SSSR count). The smallest absolute Gasteiger partial charge is 0.195 e. The number of aliphatic hydroxyl groups excluding tert-OH is 1. The van der Waals surface area contributed by atoms with E-state index in [4.69, 9.17) is 14.3 Å². The van der Waals surface area contributed by atoms with Gasteiger partial charge in [0, 0.05) is 12.5 Å². The van der Waals surface area contributed by atoms with Gasteiger partial charge in [0.25, 0.3) is 0 Å². The zero-order valence-corrected chi connectivity index (χ0v) is 8.56. The first-order valence-corrected chi connectivity index (χ1v) is 4.96. The molecule has 0 saturated heterocycles. The average Bonchev–Trinajstić information content (AvgIpc) is 2.68. The molecule has 0 amide bonds. The summed E-state index contributed by atoms with van der Waals surface area (Å²) in [6.45, 7) is 2.29. The number of oxazole rings is 1. The third kappa shape index (κ3) is 2.10. The molecule has 4 nitrogen and oxygen atoms in total. The van der Waals surface area contributed by atoms with Crippen molar-refractivity contribution in [2.75, 3.05) is 13.2 Å². The molecule has 1 N–H and O–H groups in total. The van der Waals surface area contributed by atoms with Crippen LogP contribution in [0.1, 0.15) is 12.8 Å². The molecule has 0 aliphatic rings. The molecule has 0 radical (unpaired) electrons. The van der Waals surface area contributed by atoms with Crippen LogP contribution in [0.15, 0.2) is 22.6 Å². The van der Waals surface area contributed by atoms with Crippen LogP contribution in [-0.4, -0.2) is 23.3 Å². The van der Waals surface area contributed by atoms with Gasteiger partial charge in [0.15, 0.2) is 11.5 Å². The number of aliphatic hydroxyl groups is 1. The van der Waals surface area contributed by atoms with Crippen molar-refractivity contribution >= 4 is 11.1 Å². The fraction of sp³-hybridized carbons (Fsp3) is 0.364. The Bertz CT molecular complexity index is 450. The Morgan fingerprint density at radius 1 is 1.47 bits per heavy atom. The van der Waals surface area contributed by atoms with E-state index < -0.39 is 0 Å². The highest BCUT2D eigenvalue weighted by Crippen LogP contribution is 2.21. The van der Waals surface area contributed by atoms with Gasteiger partial charge in [-0.1, -0.05) is 6.92 Å². The van der Waals surface area contributed by atoms with E-state index in [2.05, 4.69) is 4.98 Å². The van der Waals surface area contributed by atoms with Gasteiger partial charge in [-0.2, -0.15) is 0 Å². The zero-order valence-electron chi connectivity index (χ0n) is 8.56. The van der Waals surface area contributed by atoms with Crippen molar-refractivity contribution in [2.24, 2.45) is 0 Å². The van der Waals surface area contributed by atoms with Gasteiger partial charge in [-0.3, -0.25) is 0 Å². The van der Waals surface area contributed by atoms with Gasteiger partial charge < -0.3 is 14.3 Å². The minimum Gasteiger partial charge on any atom is -0.491 e. The van der Waals surface area contributed by atoms with Crippen molar-refractivity contribution in [3.8, 4) is 5.75 Å². The highest BCUT2D eigenvalue weighted by Gasteiger charge is 2.04. The van der Waals surface area contributed by atoms with Crippen molar-refractivity contribution in [2.45, 2.75) is 13.3 Å². The highest BCUT2D eigenvalue weighted by atomic mass is 16.5. The lowest BCUT2D eigenvalue weighted by molar-refractivity contribution is 0.201. The van der Waals surface area contributed by atoms with Gasteiger partial charge in [0.05, 0.1) is 6.61 Å². The van der Waals surface area contributed by atoms with E-state index >= 15 is 0 Å². The number of hydrogen-bond donors (Lipinski definition) is 1. The van der Waals surface area contributed by atoms with Gasteiger partial charge in [-0.25, -0.2) is 4.98 Å². The molecule has 0 unspecified atom stereocenters. The second kappa shape index (κ2) is 4.31. The highest BCUT2D eigenvalue weighted by molar-refractivity contribution is 5.74. The van der Waals surface area contributed by atoms with Crippen LogP contribution in [0.3, 0.4) is 0 Å². The summed E-state index contributed by atoms with van der Waals surface area (Å²) in [5.74, 6) is 1.42. The molecular formula is C11H13NO3. The molecule has 15 heavy (non-hydrogen) atoms. The van der Waals surface area contributed by atoms with E-state index in [0.717, 1.165) is 23.4 Å². The third-order valence-electron chi connectivity index (χ3n) is 2.07. The van der Waals surface area contributed by atoms with E-state index in [-0.39, 0.29) is 6.61 Å². The number of rotatable bonds is 4. The summed E-state index contributed by atoms with van der Waals surface area (Å²) in [7, 11) is 0. The average molecular weight is 207 g/mol. The fourth-order valence-corrected chi connectivity index (χ4v) is 1.36. The standard InChI is InChI=1S/C11H13NO3/c1-2-11-12-9-4-3-8(14-6-5-13)7-10(9)15-11/h3-4,7,13H,2,5-6H2,1H3. The summed E-state index contributed by atoms with van der Waals surface area (Å²) in [5.41, 5.74) is 1.56. The molecule has 1 heterocycles. The van der Waals surface area contributed by atoms with Crippen molar-refractivity contribution in [3.05, 3.63) is 24.1 Å². The summed E-state index contributed by atoms with van der Waals surface area (Å²) in [6.07, 6.45) is 0.779. The maximum atomic E-state index is 8.62. The van der Waals surface area contributed by atoms with Gasteiger partial charge in [-0.05, 0) is 12.1 Å². The molecule has 4 heteroatoms. The number of aryl methyl sites for hydroxylation is 1. The van der Waals surface area contributed by atoms with Gasteiger partial charge in [-0.15, -0.1) is 0 Å². The zero-order chi connectivity index (χ0) is 10.7. The van der Waals surface area contributed by atoms with Crippen LogP contribution in [-0.2, 0) is 6.42 Å². The van der Waals surface area contributed by atoms with Crippen LogP contribution >= 0.6 is 0 Å². The first kappa shape index (κ1) is 9.98. The van der Waals surface area contributed by atoms with E-state index in [9.17, 15) is 0 Å². The summed E-state index contributed by atoms with van der Waals surface area (Å²) in [6, 6.07) is 5.46. The Labute approximate surface area is 87.5 Å². The number of nitrogens with zero attached hydrogens (tertiary/aromatic N) is 1. The largest absolute Gasteiger partial charge is 0.491 e. The first-order valence-electron chi connectivity index (χ1n) is 4.96. The van der Waals surface area contributed by atoms with Crippen molar-refractivity contribution in [1.82, 2.24) is 4.98 Å². The Morgan fingerprint density at radius 3 is 3.07 bits per heavy atom. The number of benzene rings is 1. The molecule has 80 valence electrons. The number of hydrogen-bond acceptors (Lipinski definition) is 4. The van der Waals surface area contributed by atoms with Crippen molar-refractivity contribution < 1.29 is 14.3 Å². The van der Waals surface area contributed by atoms with Gasteiger partial charge in [0.2, 0.25) is 0 Å². The van der Waals surface area contributed by atoms with Crippen molar-refractivity contribution in [3.63, 3.8) is 0 Å².